The van der Waals surface area contributed by atoms with Crippen LogP contribution >= 0.6 is 0 Å². The Balaban J connectivity index is 2.04. The average molecular weight is 335 g/mol. The van der Waals surface area contributed by atoms with E-state index in [1.54, 1.807) is 6.92 Å². The van der Waals surface area contributed by atoms with Crippen LogP contribution in [-0.2, 0) is 4.79 Å². The third-order valence-electron chi connectivity index (χ3n) is 3.16. The fraction of sp³-hybridized carbons (Fsp3) is 0.278. The molecule has 128 valence electrons. The Kier molecular flexibility index (Phi) is 6.12. The molecule has 0 aromatic heterocycles. The molecule has 0 radical (unpaired) electrons. The molecule has 1 N–H and O–H groups in total. The van der Waals surface area contributed by atoms with Crippen molar-refractivity contribution in [1.82, 2.24) is 0 Å². The summed E-state index contributed by atoms with van der Waals surface area (Å²) >= 11 is 0. The summed E-state index contributed by atoms with van der Waals surface area (Å²) in [5.74, 6) is -0.620. The lowest BCUT2D eigenvalue weighted by Gasteiger charge is -2.17. The van der Waals surface area contributed by atoms with E-state index in [-0.39, 0.29) is 11.6 Å². The molecule has 2 aromatic carbocycles. The third-order valence-corrected chi connectivity index (χ3v) is 3.16. The lowest BCUT2D eigenvalue weighted by atomic mass is 10.2. The Morgan fingerprint density at radius 3 is 2.46 bits per heavy atom. The molecule has 0 aliphatic heterocycles. The minimum atomic E-state index is -0.820. The van der Waals surface area contributed by atoms with Crippen molar-refractivity contribution < 1.29 is 23.0 Å². The molecule has 1 amide bonds. The zero-order chi connectivity index (χ0) is 17.5. The minimum absolute atomic E-state index is 0.263. The van der Waals surface area contributed by atoms with Crippen molar-refractivity contribution >= 4 is 11.6 Å². The van der Waals surface area contributed by atoms with Crippen LogP contribution in [0.5, 0.6) is 11.5 Å². The maximum absolute atomic E-state index is 13.3. The van der Waals surface area contributed by atoms with Gasteiger partial charge in [-0.2, -0.15) is 0 Å². The highest BCUT2D eigenvalue weighted by atomic mass is 19.1. The molecule has 0 bridgehead atoms. The number of hydrogen-bond acceptors (Lipinski definition) is 3. The Morgan fingerprint density at radius 1 is 1.12 bits per heavy atom. The summed E-state index contributed by atoms with van der Waals surface area (Å²) in [7, 11) is 0. The molecule has 0 aliphatic rings. The first kappa shape index (κ1) is 17.7. The molecule has 0 heterocycles. The molecule has 0 spiro atoms. The van der Waals surface area contributed by atoms with E-state index in [1.807, 2.05) is 6.92 Å². The Bertz CT molecular complexity index is 689. The predicted octanol–water partition coefficient (Wildman–Crippen LogP) is 4.16. The van der Waals surface area contributed by atoms with Gasteiger partial charge in [0.2, 0.25) is 0 Å². The first-order valence-corrected chi connectivity index (χ1v) is 7.65. The molecule has 0 saturated carbocycles. The highest BCUT2D eigenvalue weighted by Gasteiger charge is 2.17. The number of amides is 1. The molecular weight excluding hydrogens is 316 g/mol. The zero-order valence-electron chi connectivity index (χ0n) is 13.5. The van der Waals surface area contributed by atoms with Crippen LogP contribution in [-0.4, -0.2) is 18.6 Å². The van der Waals surface area contributed by atoms with Gasteiger partial charge < -0.3 is 14.8 Å². The summed E-state index contributed by atoms with van der Waals surface area (Å²) in [4.78, 5) is 12.2. The van der Waals surface area contributed by atoms with Crippen LogP contribution in [0.15, 0.2) is 42.5 Å². The predicted molar refractivity (Wildman–Crippen MR) is 87.3 cm³/mol. The van der Waals surface area contributed by atoms with Crippen molar-refractivity contribution in [2.75, 3.05) is 11.9 Å². The molecule has 1 atom stereocenters. The lowest BCUT2D eigenvalue weighted by molar-refractivity contribution is -0.122. The maximum atomic E-state index is 13.3. The van der Waals surface area contributed by atoms with E-state index in [9.17, 15) is 13.6 Å². The smallest absolute Gasteiger partial charge is 0.265 e. The standard InChI is InChI=1S/C18H19F2NO3/c1-3-10-23-17-11-14(20)6-9-16(17)21-18(22)12(2)24-15-7-4-13(19)5-8-15/h4-9,11-12H,3,10H2,1-2H3,(H,21,22)/t12-/m0/s1. The first-order valence-electron chi connectivity index (χ1n) is 7.65. The molecular formula is C18H19F2NO3. The SMILES string of the molecule is CCCOc1cc(F)ccc1NC(=O)[C@H](C)Oc1ccc(F)cc1. The van der Waals surface area contributed by atoms with Crippen molar-refractivity contribution in [3.05, 3.63) is 54.1 Å². The summed E-state index contributed by atoms with van der Waals surface area (Å²) in [5.41, 5.74) is 0.365. The molecule has 0 fully saturated rings. The van der Waals surface area contributed by atoms with Crippen molar-refractivity contribution in [3.63, 3.8) is 0 Å². The summed E-state index contributed by atoms with van der Waals surface area (Å²) in [5, 5.41) is 2.65. The van der Waals surface area contributed by atoms with Crippen molar-refractivity contribution in [2.24, 2.45) is 0 Å². The van der Waals surface area contributed by atoms with Crippen LogP contribution < -0.4 is 14.8 Å². The zero-order valence-corrected chi connectivity index (χ0v) is 13.5. The van der Waals surface area contributed by atoms with E-state index in [2.05, 4.69) is 5.32 Å². The highest BCUT2D eigenvalue weighted by molar-refractivity contribution is 5.95. The average Bonchev–Trinajstić information content (AvgIpc) is 2.57. The molecule has 24 heavy (non-hydrogen) atoms. The number of rotatable bonds is 7. The molecule has 0 aliphatic carbocycles. The Hall–Kier alpha value is -2.63. The summed E-state index contributed by atoms with van der Waals surface area (Å²) in [6.07, 6.45) is -0.0620. The van der Waals surface area contributed by atoms with Crippen LogP contribution in [0.1, 0.15) is 20.3 Å². The van der Waals surface area contributed by atoms with Gasteiger partial charge in [0.1, 0.15) is 23.1 Å². The maximum Gasteiger partial charge on any atom is 0.265 e. The van der Waals surface area contributed by atoms with E-state index >= 15 is 0 Å². The summed E-state index contributed by atoms with van der Waals surface area (Å²) in [6.45, 7) is 3.90. The van der Waals surface area contributed by atoms with Crippen LogP contribution in [0.25, 0.3) is 0 Å². The van der Waals surface area contributed by atoms with E-state index in [0.717, 1.165) is 6.42 Å². The molecule has 2 rings (SSSR count). The highest BCUT2D eigenvalue weighted by Crippen LogP contribution is 2.26. The fourth-order valence-electron chi connectivity index (χ4n) is 1.94. The monoisotopic (exact) mass is 335 g/mol. The van der Waals surface area contributed by atoms with Gasteiger partial charge in [0.15, 0.2) is 6.10 Å². The second-order valence-corrected chi connectivity index (χ2v) is 5.19. The number of carbonyl (C=O) groups is 1. The van der Waals surface area contributed by atoms with Gasteiger partial charge in [-0.05, 0) is 49.7 Å². The molecule has 0 saturated heterocycles. The normalized spacial score (nSPS) is 11.7. The number of ether oxygens (including phenoxy) is 2. The van der Waals surface area contributed by atoms with Gasteiger partial charge in [-0.25, -0.2) is 8.78 Å². The van der Waals surface area contributed by atoms with Crippen molar-refractivity contribution in [2.45, 2.75) is 26.4 Å². The largest absolute Gasteiger partial charge is 0.491 e. The van der Waals surface area contributed by atoms with Crippen molar-refractivity contribution in [1.29, 1.82) is 0 Å². The van der Waals surface area contributed by atoms with E-state index < -0.39 is 17.8 Å². The molecule has 2 aromatic rings. The third kappa shape index (κ3) is 4.94. The van der Waals surface area contributed by atoms with Crippen molar-refractivity contribution in [3.8, 4) is 11.5 Å². The van der Waals surface area contributed by atoms with Crippen LogP contribution in [0.2, 0.25) is 0 Å². The number of benzene rings is 2. The second kappa shape index (κ2) is 8.29. The van der Waals surface area contributed by atoms with Gasteiger partial charge in [0.25, 0.3) is 5.91 Å². The second-order valence-electron chi connectivity index (χ2n) is 5.19. The van der Waals surface area contributed by atoms with Crippen LogP contribution in [0.4, 0.5) is 14.5 Å². The fourth-order valence-corrected chi connectivity index (χ4v) is 1.94. The number of hydrogen-bond donors (Lipinski definition) is 1. The number of carbonyl (C=O) groups excluding carboxylic acids is 1. The molecule has 6 heteroatoms. The Labute approximate surface area is 139 Å². The number of anilines is 1. The summed E-state index contributed by atoms with van der Waals surface area (Å²) < 4.78 is 37.1. The van der Waals surface area contributed by atoms with Gasteiger partial charge in [-0.1, -0.05) is 6.92 Å². The Morgan fingerprint density at radius 2 is 1.79 bits per heavy atom. The minimum Gasteiger partial charge on any atom is -0.491 e. The number of nitrogens with one attached hydrogen (secondary N) is 1. The van der Waals surface area contributed by atoms with Gasteiger partial charge in [0, 0.05) is 6.07 Å². The van der Waals surface area contributed by atoms with E-state index in [1.165, 1.54) is 42.5 Å². The van der Waals surface area contributed by atoms with Gasteiger partial charge >= 0.3 is 0 Å². The van der Waals surface area contributed by atoms with Crippen LogP contribution in [0.3, 0.4) is 0 Å². The van der Waals surface area contributed by atoms with Gasteiger partial charge in [-0.15, -0.1) is 0 Å². The molecule has 4 nitrogen and oxygen atoms in total. The van der Waals surface area contributed by atoms with Crippen LogP contribution in [0, 0.1) is 11.6 Å². The first-order chi connectivity index (χ1) is 11.5. The van der Waals surface area contributed by atoms with Gasteiger partial charge in [-0.3, -0.25) is 4.79 Å². The summed E-state index contributed by atoms with van der Waals surface area (Å²) in [6, 6.07) is 9.26. The van der Waals surface area contributed by atoms with E-state index in [0.29, 0.717) is 18.0 Å². The lowest BCUT2D eigenvalue weighted by Crippen LogP contribution is -2.30. The topological polar surface area (TPSA) is 47.6 Å². The van der Waals surface area contributed by atoms with E-state index in [4.69, 9.17) is 9.47 Å². The number of halogens is 2. The van der Waals surface area contributed by atoms with Gasteiger partial charge in [0.05, 0.1) is 12.3 Å². The molecule has 0 unspecified atom stereocenters. The quantitative estimate of drug-likeness (QED) is 0.826.